The summed E-state index contributed by atoms with van der Waals surface area (Å²) in [5, 5.41) is 0. The van der Waals surface area contributed by atoms with E-state index in [1.54, 1.807) is 0 Å². The van der Waals surface area contributed by atoms with Crippen LogP contribution in [0.15, 0.2) is 0 Å². The van der Waals surface area contributed by atoms with Gasteiger partial charge in [0.2, 0.25) is 0 Å². The maximum Gasteiger partial charge on any atom is 0.319 e. The molecule has 4 unspecified atom stereocenters. The van der Waals surface area contributed by atoms with Crippen LogP contribution in [0.3, 0.4) is 0 Å². The molecule has 0 amide bonds. The van der Waals surface area contributed by atoms with Crippen molar-refractivity contribution in [3.8, 4) is 0 Å². The molecule has 0 spiro atoms. The highest BCUT2D eigenvalue weighted by atomic mass is 16.6. The van der Waals surface area contributed by atoms with Crippen molar-refractivity contribution in [2.45, 2.75) is 31.5 Å². The fourth-order valence-electron chi connectivity index (χ4n) is 2.77. The Labute approximate surface area is 75.2 Å². The lowest BCUT2D eigenvalue weighted by atomic mass is 9.76. The van der Waals surface area contributed by atoms with Crippen molar-refractivity contribution >= 4 is 11.9 Å². The Morgan fingerprint density at radius 1 is 1.15 bits per heavy atom. The van der Waals surface area contributed by atoms with E-state index in [0.29, 0.717) is 6.42 Å². The highest BCUT2D eigenvalue weighted by Gasteiger charge is 2.56. The number of hydrogen-bond donors (Lipinski definition) is 0. The molecule has 4 nitrogen and oxygen atoms in total. The Balaban J connectivity index is 1.93. The summed E-state index contributed by atoms with van der Waals surface area (Å²) in [5.74, 6) is -0.806. The first-order chi connectivity index (χ1) is 6.25. The van der Waals surface area contributed by atoms with Crippen LogP contribution >= 0.6 is 0 Å². The van der Waals surface area contributed by atoms with E-state index in [0.717, 1.165) is 12.8 Å². The van der Waals surface area contributed by atoms with E-state index in [1.165, 1.54) is 0 Å². The predicted molar refractivity (Wildman–Crippen MR) is 40.6 cm³/mol. The summed E-state index contributed by atoms with van der Waals surface area (Å²) < 4.78 is 10.2. The summed E-state index contributed by atoms with van der Waals surface area (Å²) in [6.07, 6.45) is 2.45. The van der Waals surface area contributed by atoms with Gasteiger partial charge in [-0.2, -0.15) is 0 Å². The highest BCUT2D eigenvalue weighted by molar-refractivity contribution is 5.90. The lowest BCUT2D eigenvalue weighted by molar-refractivity contribution is -0.171. The molecule has 0 aromatic carbocycles. The van der Waals surface area contributed by atoms with Crippen LogP contribution in [0, 0.1) is 11.8 Å². The van der Waals surface area contributed by atoms with Crippen LogP contribution in [0.2, 0.25) is 0 Å². The summed E-state index contributed by atoms with van der Waals surface area (Å²) in [4.78, 5) is 22.3. The van der Waals surface area contributed by atoms with Crippen molar-refractivity contribution in [3.63, 3.8) is 0 Å². The van der Waals surface area contributed by atoms with E-state index in [-0.39, 0.29) is 36.0 Å². The number of rotatable bonds is 0. The van der Waals surface area contributed by atoms with E-state index in [4.69, 9.17) is 4.74 Å². The Morgan fingerprint density at radius 2 is 1.92 bits per heavy atom. The first kappa shape index (κ1) is 7.50. The maximum absolute atomic E-state index is 11.4. The topological polar surface area (TPSA) is 52.6 Å². The Kier molecular flexibility index (Phi) is 1.34. The van der Waals surface area contributed by atoms with Crippen LogP contribution in [0.4, 0.5) is 0 Å². The number of fused-ring (bicyclic) bond motifs is 5. The number of carbonyl (C=O) groups is 2. The molecule has 0 radical (unpaired) electrons. The number of hydrogen-bond acceptors (Lipinski definition) is 4. The van der Waals surface area contributed by atoms with E-state index in [9.17, 15) is 9.59 Å². The van der Waals surface area contributed by atoms with Crippen LogP contribution in [-0.4, -0.2) is 24.1 Å². The van der Waals surface area contributed by atoms with Gasteiger partial charge in [0, 0.05) is 5.92 Å². The number of cyclic esters (lactones) is 2. The third-order valence-electron chi connectivity index (χ3n) is 3.31. The Morgan fingerprint density at radius 3 is 2.77 bits per heavy atom. The molecular weight excluding hydrogens is 172 g/mol. The van der Waals surface area contributed by atoms with Gasteiger partial charge < -0.3 is 9.47 Å². The molecule has 0 saturated carbocycles. The first-order valence-electron chi connectivity index (χ1n) is 4.65. The Hall–Kier alpha value is -0.900. The molecule has 3 heterocycles. The number of ether oxygens (including phenoxy) is 2. The van der Waals surface area contributed by atoms with Crippen molar-refractivity contribution < 1.29 is 19.1 Å². The van der Waals surface area contributed by atoms with Crippen LogP contribution in [0.25, 0.3) is 0 Å². The fourth-order valence-corrected chi connectivity index (χ4v) is 2.77. The molecule has 13 heavy (non-hydrogen) atoms. The number of carbonyl (C=O) groups excluding carboxylic acids is 2. The second-order valence-corrected chi connectivity index (χ2v) is 3.98. The second kappa shape index (κ2) is 2.32. The maximum atomic E-state index is 11.4. The molecule has 3 rings (SSSR count). The summed E-state index contributed by atoms with van der Waals surface area (Å²) in [6, 6.07) is 0. The van der Waals surface area contributed by atoms with Gasteiger partial charge in [-0.15, -0.1) is 0 Å². The minimum atomic E-state index is -0.387. The lowest BCUT2D eigenvalue weighted by Crippen LogP contribution is -2.41. The summed E-state index contributed by atoms with van der Waals surface area (Å²) in [7, 11) is 0. The number of esters is 2. The van der Waals surface area contributed by atoms with Gasteiger partial charge in [-0.05, 0) is 12.8 Å². The third-order valence-corrected chi connectivity index (χ3v) is 3.31. The molecule has 3 fully saturated rings. The van der Waals surface area contributed by atoms with E-state index in [1.807, 2.05) is 0 Å². The third kappa shape index (κ3) is 0.892. The zero-order valence-corrected chi connectivity index (χ0v) is 7.06. The highest BCUT2D eigenvalue weighted by Crippen LogP contribution is 2.47. The summed E-state index contributed by atoms with van der Waals surface area (Å²) >= 11 is 0. The van der Waals surface area contributed by atoms with Gasteiger partial charge in [0.15, 0.2) is 0 Å². The van der Waals surface area contributed by atoms with Gasteiger partial charge in [0.25, 0.3) is 0 Å². The molecule has 0 aromatic heterocycles. The molecule has 3 aliphatic heterocycles. The van der Waals surface area contributed by atoms with Crippen molar-refractivity contribution in [3.05, 3.63) is 0 Å². The standard InChI is InChI=1S/C9H10O4/c10-7-3-4-5-1-2-6(12-5)8(4)9(11)13-7/h4-6,8H,1-3H2. The van der Waals surface area contributed by atoms with Gasteiger partial charge in [0.1, 0.15) is 0 Å². The largest absolute Gasteiger partial charge is 0.393 e. The van der Waals surface area contributed by atoms with Crippen LogP contribution in [0.5, 0.6) is 0 Å². The van der Waals surface area contributed by atoms with E-state index < -0.39 is 0 Å². The summed E-state index contributed by atoms with van der Waals surface area (Å²) in [6.45, 7) is 0. The minimum absolute atomic E-state index is 0.0237. The van der Waals surface area contributed by atoms with Gasteiger partial charge >= 0.3 is 11.9 Å². The molecule has 0 N–H and O–H groups in total. The van der Waals surface area contributed by atoms with Crippen molar-refractivity contribution in [1.82, 2.24) is 0 Å². The second-order valence-electron chi connectivity index (χ2n) is 3.98. The van der Waals surface area contributed by atoms with Crippen LogP contribution < -0.4 is 0 Å². The van der Waals surface area contributed by atoms with Gasteiger partial charge in [-0.3, -0.25) is 9.59 Å². The van der Waals surface area contributed by atoms with Crippen molar-refractivity contribution in [1.29, 1.82) is 0 Å². The SMILES string of the molecule is O=C1CC2C3CCC(O3)C2C(=O)O1. The van der Waals surface area contributed by atoms with Gasteiger partial charge in [-0.25, -0.2) is 0 Å². The van der Waals surface area contributed by atoms with Gasteiger partial charge in [0.05, 0.1) is 24.5 Å². The average molecular weight is 182 g/mol. The molecule has 3 saturated heterocycles. The van der Waals surface area contributed by atoms with E-state index in [2.05, 4.69) is 4.74 Å². The minimum Gasteiger partial charge on any atom is -0.393 e. The zero-order chi connectivity index (χ0) is 9.00. The zero-order valence-electron chi connectivity index (χ0n) is 7.06. The van der Waals surface area contributed by atoms with Gasteiger partial charge in [-0.1, -0.05) is 0 Å². The quantitative estimate of drug-likeness (QED) is 0.398. The lowest BCUT2D eigenvalue weighted by Gasteiger charge is -2.28. The molecule has 4 atom stereocenters. The normalized spacial score (nSPS) is 47.7. The molecule has 0 aromatic rings. The molecule has 0 aliphatic carbocycles. The molecule has 70 valence electrons. The smallest absolute Gasteiger partial charge is 0.319 e. The van der Waals surface area contributed by atoms with Crippen molar-refractivity contribution in [2.75, 3.05) is 0 Å². The molecule has 2 bridgehead atoms. The average Bonchev–Trinajstić information content (AvgIpc) is 2.62. The van der Waals surface area contributed by atoms with E-state index >= 15 is 0 Å². The monoisotopic (exact) mass is 182 g/mol. The van der Waals surface area contributed by atoms with Crippen LogP contribution in [0.1, 0.15) is 19.3 Å². The predicted octanol–water partition coefficient (Wildman–Crippen LogP) is 0.253. The van der Waals surface area contributed by atoms with Crippen molar-refractivity contribution in [2.24, 2.45) is 11.8 Å². The molecular formula is C9H10O4. The first-order valence-corrected chi connectivity index (χ1v) is 4.65. The molecule has 3 aliphatic rings. The summed E-state index contributed by atoms with van der Waals surface area (Å²) in [5.41, 5.74) is 0. The fraction of sp³-hybridized carbons (Fsp3) is 0.778. The van der Waals surface area contributed by atoms with Crippen LogP contribution in [-0.2, 0) is 19.1 Å². The molecule has 4 heteroatoms. The Bertz CT molecular complexity index is 285.